The quantitative estimate of drug-likeness (QED) is 0.645. The highest BCUT2D eigenvalue weighted by Crippen LogP contribution is 1.96. The first-order valence-electron chi connectivity index (χ1n) is 3.68. The third kappa shape index (κ3) is 4.82. The van der Waals surface area contributed by atoms with Gasteiger partial charge in [0.1, 0.15) is 4.99 Å². The van der Waals surface area contributed by atoms with Crippen LogP contribution in [0.25, 0.3) is 0 Å². The summed E-state index contributed by atoms with van der Waals surface area (Å²) in [5.74, 6) is 0. The van der Waals surface area contributed by atoms with E-state index >= 15 is 0 Å². The van der Waals surface area contributed by atoms with Gasteiger partial charge in [0.25, 0.3) is 0 Å². The summed E-state index contributed by atoms with van der Waals surface area (Å²) in [6, 6.07) is 9.54. The largest absolute Gasteiger partial charge is 0.397 e. The molecule has 0 fully saturated rings. The van der Waals surface area contributed by atoms with E-state index < -0.39 is 0 Å². The number of rotatable bonds is 1. The fourth-order valence-electron chi connectivity index (χ4n) is 0.602. The molecule has 2 nitrogen and oxygen atoms in total. The van der Waals surface area contributed by atoms with Crippen molar-refractivity contribution in [3.8, 4) is 0 Å². The SMILES string of the molecule is CCO.NC(=S)c1ccccc1. The Bertz CT molecular complexity index is 223. The Morgan fingerprint density at radius 2 is 1.83 bits per heavy atom. The third-order valence-electron chi connectivity index (χ3n) is 1.06. The van der Waals surface area contributed by atoms with Crippen LogP contribution in [0.4, 0.5) is 0 Å². The highest BCUT2D eigenvalue weighted by molar-refractivity contribution is 7.80. The fourth-order valence-corrected chi connectivity index (χ4v) is 0.739. The number of aliphatic hydroxyl groups excluding tert-OH is 1. The van der Waals surface area contributed by atoms with Crippen molar-refractivity contribution >= 4 is 17.2 Å². The normalized spacial score (nSPS) is 8.17. The zero-order valence-electron chi connectivity index (χ0n) is 7.03. The van der Waals surface area contributed by atoms with E-state index in [0.29, 0.717) is 4.99 Å². The molecule has 0 radical (unpaired) electrons. The number of thiocarbonyl (C=S) groups is 1. The molecule has 0 spiro atoms. The van der Waals surface area contributed by atoms with Gasteiger partial charge >= 0.3 is 0 Å². The molecule has 1 aromatic carbocycles. The van der Waals surface area contributed by atoms with Gasteiger partial charge in [-0.25, -0.2) is 0 Å². The van der Waals surface area contributed by atoms with E-state index in [1.165, 1.54) is 0 Å². The summed E-state index contributed by atoms with van der Waals surface area (Å²) in [5.41, 5.74) is 6.27. The Balaban J connectivity index is 0.000000354. The first-order valence-corrected chi connectivity index (χ1v) is 4.09. The summed E-state index contributed by atoms with van der Waals surface area (Å²) < 4.78 is 0. The lowest BCUT2D eigenvalue weighted by Crippen LogP contribution is -2.08. The number of hydrogen-bond donors (Lipinski definition) is 2. The molecule has 0 saturated heterocycles. The molecule has 0 atom stereocenters. The van der Waals surface area contributed by atoms with Gasteiger partial charge in [0.2, 0.25) is 0 Å². The van der Waals surface area contributed by atoms with Gasteiger partial charge in [-0.15, -0.1) is 0 Å². The summed E-state index contributed by atoms with van der Waals surface area (Å²) >= 11 is 4.74. The molecule has 3 N–H and O–H groups in total. The van der Waals surface area contributed by atoms with Crippen LogP contribution in [0.1, 0.15) is 12.5 Å². The summed E-state index contributed by atoms with van der Waals surface area (Å²) in [6.45, 7) is 1.93. The summed E-state index contributed by atoms with van der Waals surface area (Å²) in [7, 11) is 0. The maximum absolute atomic E-state index is 7.57. The lowest BCUT2D eigenvalue weighted by Gasteiger charge is -1.92. The van der Waals surface area contributed by atoms with Gasteiger partial charge in [-0.2, -0.15) is 0 Å². The average molecular weight is 183 g/mol. The molecule has 0 aromatic heterocycles. The van der Waals surface area contributed by atoms with Gasteiger partial charge in [-0.3, -0.25) is 0 Å². The lowest BCUT2D eigenvalue weighted by atomic mass is 10.2. The van der Waals surface area contributed by atoms with Gasteiger partial charge < -0.3 is 10.8 Å². The van der Waals surface area contributed by atoms with Crippen LogP contribution < -0.4 is 5.73 Å². The summed E-state index contributed by atoms with van der Waals surface area (Å²) in [4.78, 5) is 0.454. The van der Waals surface area contributed by atoms with Gasteiger partial charge in [0.15, 0.2) is 0 Å². The number of aliphatic hydroxyl groups is 1. The zero-order chi connectivity index (χ0) is 9.40. The van der Waals surface area contributed by atoms with Crippen LogP contribution in [0, 0.1) is 0 Å². The lowest BCUT2D eigenvalue weighted by molar-refractivity contribution is 0.318. The Morgan fingerprint density at radius 1 is 1.42 bits per heavy atom. The fraction of sp³-hybridized carbons (Fsp3) is 0.222. The molecule has 3 heteroatoms. The zero-order valence-corrected chi connectivity index (χ0v) is 7.84. The van der Waals surface area contributed by atoms with Crippen molar-refractivity contribution in [1.82, 2.24) is 0 Å². The highest BCUT2D eigenvalue weighted by atomic mass is 32.1. The maximum Gasteiger partial charge on any atom is 0.103 e. The highest BCUT2D eigenvalue weighted by Gasteiger charge is 1.89. The molecule has 0 aliphatic rings. The van der Waals surface area contributed by atoms with Crippen molar-refractivity contribution in [3.63, 3.8) is 0 Å². The van der Waals surface area contributed by atoms with Crippen LogP contribution in [-0.2, 0) is 0 Å². The minimum absolute atomic E-state index is 0.250. The summed E-state index contributed by atoms with van der Waals surface area (Å²) in [6.07, 6.45) is 0. The van der Waals surface area contributed by atoms with Gasteiger partial charge in [-0.05, 0) is 6.92 Å². The topological polar surface area (TPSA) is 46.2 Å². The second kappa shape index (κ2) is 6.76. The predicted molar refractivity (Wildman–Crippen MR) is 55.1 cm³/mol. The van der Waals surface area contributed by atoms with Crippen molar-refractivity contribution in [3.05, 3.63) is 35.9 Å². The van der Waals surface area contributed by atoms with Gasteiger partial charge in [0, 0.05) is 12.2 Å². The van der Waals surface area contributed by atoms with E-state index in [1.807, 2.05) is 30.3 Å². The van der Waals surface area contributed by atoms with E-state index in [-0.39, 0.29) is 6.61 Å². The van der Waals surface area contributed by atoms with Crippen molar-refractivity contribution in [2.45, 2.75) is 6.92 Å². The van der Waals surface area contributed by atoms with Crippen molar-refractivity contribution < 1.29 is 5.11 Å². The maximum atomic E-state index is 7.57. The smallest absolute Gasteiger partial charge is 0.103 e. The van der Waals surface area contributed by atoms with Crippen molar-refractivity contribution in [2.75, 3.05) is 6.61 Å². The van der Waals surface area contributed by atoms with Gasteiger partial charge in [0.05, 0.1) is 0 Å². The average Bonchev–Trinajstić information content (AvgIpc) is 2.07. The van der Waals surface area contributed by atoms with E-state index in [0.717, 1.165) is 5.56 Å². The molecule has 0 aliphatic carbocycles. The monoisotopic (exact) mass is 183 g/mol. The molecule has 0 saturated carbocycles. The number of benzene rings is 1. The second-order valence-electron chi connectivity index (χ2n) is 2.05. The van der Waals surface area contributed by atoms with Crippen molar-refractivity contribution in [2.24, 2.45) is 5.73 Å². The van der Waals surface area contributed by atoms with Crippen LogP contribution >= 0.6 is 12.2 Å². The van der Waals surface area contributed by atoms with Crippen molar-refractivity contribution in [1.29, 1.82) is 0 Å². The molecule has 1 rings (SSSR count). The number of nitrogens with two attached hydrogens (primary N) is 1. The Hall–Kier alpha value is -0.930. The van der Waals surface area contributed by atoms with Crippen LogP contribution in [0.15, 0.2) is 30.3 Å². The van der Waals surface area contributed by atoms with E-state index in [1.54, 1.807) is 6.92 Å². The van der Waals surface area contributed by atoms with Crippen LogP contribution in [0.3, 0.4) is 0 Å². The molecule has 1 aromatic rings. The van der Waals surface area contributed by atoms with E-state index in [9.17, 15) is 0 Å². The Labute approximate surface area is 78.0 Å². The van der Waals surface area contributed by atoms with E-state index in [2.05, 4.69) is 0 Å². The standard InChI is InChI=1S/C7H7NS.C2H6O/c8-7(9)6-4-2-1-3-5-6;1-2-3/h1-5H,(H2,8,9);3H,2H2,1H3. The minimum atomic E-state index is 0.250. The molecule has 0 bridgehead atoms. The Kier molecular flexibility index (Phi) is 6.24. The second-order valence-corrected chi connectivity index (χ2v) is 2.49. The Morgan fingerprint density at radius 3 is 2.08 bits per heavy atom. The molecule has 0 heterocycles. The first kappa shape index (κ1) is 11.1. The molecule has 0 unspecified atom stereocenters. The molecule has 0 amide bonds. The molecule has 12 heavy (non-hydrogen) atoms. The van der Waals surface area contributed by atoms with Crippen LogP contribution in [0.2, 0.25) is 0 Å². The molecular formula is C9H13NOS. The molecular weight excluding hydrogens is 170 g/mol. The van der Waals surface area contributed by atoms with Crippen LogP contribution in [-0.4, -0.2) is 16.7 Å². The first-order chi connectivity index (χ1) is 5.72. The molecule has 0 aliphatic heterocycles. The minimum Gasteiger partial charge on any atom is -0.397 e. The summed E-state index contributed by atoms with van der Waals surface area (Å²) in [5, 5.41) is 7.57. The van der Waals surface area contributed by atoms with E-state index in [4.69, 9.17) is 23.1 Å². The number of hydrogen-bond acceptors (Lipinski definition) is 2. The predicted octanol–water partition coefficient (Wildman–Crippen LogP) is 1.32. The van der Waals surface area contributed by atoms with Crippen LogP contribution in [0.5, 0.6) is 0 Å². The van der Waals surface area contributed by atoms with Gasteiger partial charge in [-0.1, -0.05) is 42.5 Å². The third-order valence-corrected chi connectivity index (χ3v) is 1.29. The molecule has 66 valence electrons.